The van der Waals surface area contributed by atoms with Crippen LogP contribution in [-0.2, 0) is 0 Å². The smallest absolute Gasteiger partial charge is 0.258 e. The van der Waals surface area contributed by atoms with Gasteiger partial charge in [0.05, 0.1) is 16.1 Å². The Morgan fingerprint density at radius 1 is 1.30 bits per heavy atom. The number of halogens is 2. The van der Waals surface area contributed by atoms with E-state index in [1.165, 1.54) is 30.3 Å². The van der Waals surface area contributed by atoms with Crippen LogP contribution in [0, 0.1) is 17.1 Å². The van der Waals surface area contributed by atoms with Gasteiger partial charge >= 0.3 is 0 Å². The summed E-state index contributed by atoms with van der Waals surface area (Å²) in [5, 5.41) is 11.6. The zero-order chi connectivity index (χ0) is 14.7. The molecular weight excluding hydrogens is 281 g/mol. The normalized spacial score (nSPS) is 9.85. The highest BCUT2D eigenvalue weighted by Crippen LogP contribution is 2.21. The number of amides is 1. The van der Waals surface area contributed by atoms with E-state index in [-0.39, 0.29) is 21.8 Å². The molecule has 0 saturated heterocycles. The molecule has 0 heterocycles. The summed E-state index contributed by atoms with van der Waals surface area (Å²) < 4.78 is 13.6. The van der Waals surface area contributed by atoms with Crippen LogP contribution in [0.15, 0.2) is 36.4 Å². The fourth-order valence-electron chi connectivity index (χ4n) is 1.60. The Labute approximate surface area is 119 Å². The quantitative estimate of drug-likeness (QED) is 0.833. The molecule has 3 N–H and O–H groups in total. The highest BCUT2D eigenvalue weighted by atomic mass is 35.5. The van der Waals surface area contributed by atoms with Crippen molar-refractivity contribution in [2.45, 2.75) is 0 Å². The molecule has 0 aliphatic heterocycles. The van der Waals surface area contributed by atoms with Crippen LogP contribution in [-0.4, -0.2) is 5.91 Å². The lowest BCUT2D eigenvalue weighted by atomic mass is 10.1. The van der Waals surface area contributed by atoms with Crippen LogP contribution in [0.5, 0.6) is 0 Å². The van der Waals surface area contributed by atoms with E-state index < -0.39 is 11.7 Å². The first-order valence-electron chi connectivity index (χ1n) is 5.57. The third-order valence-electron chi connectivity index (χ3n) is 2.58. The van der Waals surface area contributed by atoms with Crippen LogP contribution in [0.2, 0.25) is 5.02 Å². The SMILES string of the molecule is N#Cc1cc(NC(=O)c2ccc(N)cc2F)ccc1Cl. The molecule has 1 amide bonds. The van der Waals surface area contributed by atoms with Crippen molar-refractivity contribution in [3.05, 3.63) is 58.4 Å². The molecule has 0 aliphatic carbocycles. The maximum absolute atomic E-state index is 13.6. The van der Waals surface area contributed by atoms with Gasteiger partial charge in [-0.05, 0) is 36.4 Å². The van der Waals surface area contributed by atoms with Gasteiger partial charge in [0, 0.05) is 11.4 Å². The molecule has 2 aromatic carbocycles. The maximum atomic E-state index is 13.6. The second-order valence-corrected chi connectivity index (χ2v) is 4.41. The number of benzene rings is 2. The van der Waals surface area contributed by atoms with Gasteiger partial charge in [-0.1, -0.05) is 11.6 Å². The second kappa shape index (κ2) is 5.59. The fraction of sp³-hybridized carbons (Fsp3) is 0. The largest absolute Gasteiger partial charge is 0.399 e. The van der Waals surface area contributed by atoms with Crippen LogP contribution in [0.3, 0.4) is 0 Å². The van der Waals surface area contributed by atoms with Gasteiger partial charge in [-0.2, -0.15) is 5.26 Å². The summed E-state index contributed by atoms with van der Waals surface area (Å²) in [6.45, 7) is 0. The van der Waals surface area contributed by atoms with E-state index in [2.05, 4.69) is 5.32 Å². The average molecular weight is 290 g/mol. The van der Waals surface area contributed by atoms with Crippen LogP contribution in [0.25, 0.3) is 0 Å². The number of nitrogens with zero attached hydrogens (tertiary/aromatic N) is 1. The van der Waals surface area contributed by atoms with Gasteiger partial charge in [-0.25, -0.2) is 4.39 Å². The molecular formula is C14H9ClFN3O. The summed E-state index contributed by atoms with van der Waals surface area (Å²) in [6.07, 6.45) is 0. The van der Waals surface area contributed by atoms with Crippen molar-refractivity contribution in [2.24, 2.45) is 0 Å². The predicted molar refractivity (Wildman–Crippen MR) is 74.9 cm³/mol. The number of hydrogen-bond acceptors (Lipinski definition) is 3. The topological polar surface area (TPSA) is 78.9 Å². The molecule has 100 valence electrons. The third kappa shape index (κ3) is 2.87. The standard InChI is InChI=1S/C14H9ClFN3O/c15-12-4-2-10(5-8(12)7-17)19-14(20)11-3-1-9(18)6-13(11)16/h1-6H,18H2,(H,19,20). The first kappa shape index (κ1) is 13.8. The molecule has 0 spiro atoms. The highest BCUT2D eigenvalue weighted by Gasteiger charge is 2.12. The Kier molecular flexibility index (Phi) is 3.87. The lowest BCUT2D eigenvalue weighted by Gasteiger charge is -2.07. The fourth-order valence-corrected chi connectivity index (χ4v) is 1.76. The molecule has 0 saturated carbocycles. The Balaban J connectivity index is 2.26. The highest BCUT2D eigenvalue weighted by molar-refractivity contribution is 6.31. The summed E-state index contributed by atoms with van der Waals surface area (Å²) in [7, 11) is 0. The summed E-state index contributed by atoms with van der Waals surface area (Å²) >= 11 is 5.78. The van der Waals surface area contributed by atoms with Gasteiger partial charge in [0.2, 0.25) is 0 Å². The van der Waals surface area contributed by atoms with Crippen molar-refractivity contribution < 1.29 is 9.18 Å². The van der Waals surface area contributed by atoms with Crippen molar-refractivity contribution in [1.82, 2.24) is 0 Å². The van der Waals surface area contributed by atoms with E-state index in [1.54, 1.807) is 0 Å². The van der Waals surface area contributed by atoms with Gasteiger partial charge < -0.3 is 11.1 Å². The monoisotopic (exact) mass is 289 g/mol. The third-order valence-corrected chi connectivity index (χ3v) is 2.91. The van der Waals surface area contributed by atoms with E-state index in [0.717, 1.165) is 6.07 Å². The minimum Gasteiger partial charge on any atom is -0.399 e. The molecule has 2 rings (SSSR count). The molecule has 2 aromatic rings. The number of carbonyl (C=O) groups excluding carboxylic acids is 1. The van der Waals surface area contributed by atoms with Gasteiger partial charge in [0.1, 0.15) is 11.9 Å². The molecule has 0 fully saturated rings. The van der Waals surface area contributed by atoms with Crippen molar-refractivity contribution in [3.63, 3.8) is 0 Å². The van der Waals surface area contributed by atoms with Crippen LogP contribution in [0.4, 0.5) is 15.8 Å². The molecule has 4 nitrogen and oxygen atoms in total. The first-order valence-corrected chi connectivity index (χ1v) is 5.95. The number of nitrogens with two attached hydrogens (primary N) is 1. The van der Waals surface area contributed by atoms with E-state index in [0.29, 0.717) is 5.69 Å². The molecule has 0 bridgehead atoms. The number of carbonyl (C=O) groups is 1. The van der Waals surface area contributed by atoms with E-state index in [1.807, 2.05) is 6.07 Å². The Bertz CT molecular complexity index is 725. The van der Waals surface area contributed by atoms with Crippen molar-refractivity contribution in [3.8, 4) is 6.07 Å². The second-order valence-electron chi connectivity index (χ2n) is 4.00. The first-order chi connectivity index (χ1) is 9.51. The van der Waals surface area contributed by atoms with E-state index >= 15 is 0 Å². The van der Waals surface area contributed by atoms with Crippen LogP contribution < -0.4 is 11.1 Å². The number of nitriles is 1. The Morgan fingerprint density at radius 2 is 2.05 bits per heavy atom. The van der Waals surface area contributed by atoms with Crippen molar-refractivity contribution >= 4 is 28.9 Å². The molecule has 0 atom stereocenters. The Morgan fingerprint density at radius 3 is 2.70 bits per heavy atom. The predicted octanol–water partition coefficient (Wildman–Crippen LogP) is 3.19. The average Bonchev–Trinajstić information content (AvgIpc) is 2.40. The summed E-state index contributed by atoms with van der Waals surface area (Å²) in [6, 6.07) is 10.1. The molecule has 20 heavy (non-hydrogen) atoms. The van der Waals surface area contributed by atoms with Gasteiger partial charge in [-0.3, -0.25) is 4.79 Å². The number of rotatable bonds is 2. The minimum atomic E-state index is -0.711. The van der Waals surface area contributed by atoms with E-state index in [4.69, 9.17) is 22.6 Å². The zero-order valence-electron chi connectivity index (χ0n) is 10.2. The molecule has 6 heteroatoms. The summed E-state index contributed by atoms with van der Waals surface area (Å²) in [4.78, 5) is 11.9. The lowest BCUT2D eigenvalue weighted by molar-refractivity contribution is 0.102. The minimum absolute atomic E-state index is 0.132. The summed E-state index contributed by atoms with van der Waals surface area (Å²) in [5.74, 6) is -1.34. The van der Waals surface area contributed by atoms with Gasteiger partial charge in [0.25, 0.3) is 5.91 Å². The van der Waals surface area contributed by atoms with E-state index in [9.17, 15) is 9.18 Å². The van der Waals surface area contributed by atoms with Gasteiger partial charge in [0.15, 0.2) is 0 Å². The molecule has 0 aliphatic rings. The number of nitrogen functional groups attached to an aromatic ring is 1. The zero-order valence-corrected chi connectivity index (χ0v) is 10.9. The lowest BCUT2D eigenvalue weighted by Crippen LogP contribution is -2.14. The van der Waals surface area contributed by atoms with Gasteiger partial charge in [-0.15, -0.1) is 0 Å². The van der Waals surface area contributed by atoms with Crippen LogP contribution in [0.1, 0.15) is 15.9 Å². The number of nitrogens with one attached hydrogen (secondary N) is 1. The van der Waals surface area contributed by atoms with Crippen LogP contribution >= 0.6 is 11.6 Å². The maximum Gasteiger partial charge on any atom is 0.258 e. The molecule has 0 radical (unpaired) electrons. The number of anilines is 2. The molecule has 0 aromatic heterocycles. The summed E-state index contributed by atoms with van der Waals surface area (Å²) in [5.41, 5.74) is 6.09. The number of hydrogen-bond donors (Lipinski definition) is 2. The van der Waals surface area contributed by atoms with Crippen molar-refractivity contribution in [2.75, 3.05) is 11.1 Å². The Hall–Kier alpha value is -2.58. The molecule has 0 unspecified atom stereocenters. The van der Waals surface area contributed by atoms with Crippen molar-refractivity contribution in [1.29, 1.82) is 5.26 Å².